The first-order chi connectivity index (χ1) is 22.6. The van der Waals surface area contributed by atoms with Crippen LogP contribution in [0.1, 0.15) is 44.9 Å². The summed E-state index contributed by atoms with van der Waals surface area (Å²) in [7, 11) is 3.26. The Labute approximate surface area is 264 Å². The zero-order valence-electron chi connectivity index (χ0n) is 25.4. The largest absolute Gasteiger partial charge is 0.497 e. The molecule has 46 heavy (non-hydrogen) atoms. The molecule has 1 amide bonds. The lowest BCUT2D eigenvalue weighted by atomic mass is 10.0. The van der Waals surface area contributed by atoms with Crippen molar-refractivity contribution in [1.29, 1.82) is 0 Å². The summed E-state index contributed by atoms with van der Waals surface area (Å²) in [6, 6.07) is 21.3. The van der Waals surface area contributed by atoms with Crippen molar-refractivity contribution in [3.05, 3.63) is 132 Å². The van der Waals surface area contributed by atoms with E-state index in [0.29, 0.717) is 30.3 Å². The molecule has 230 valence electrons. The summed E-state index contributed by atoms with van der Waals surface area (Å²) in [5.41, 5.74) is 5.20. The van der Waals surface area contributed by atoms with E-state index in [1.807, 2.05) is 60.8 Å². The number of hydrogen-bond acceptors (Lipinski definition) is 7. The number of para-hydroxylation sites is 2. The second-order valence-corrected chi connectivity index (χ2v) is 10.9. The van der Waals surface area contributed by atoms with Crippen molar-refractivity contribution < 1.29 is 14.3 Å². The zero-order chi connectivity index (χ0) is 31.5. The molecule has 1 atom stereocenters. The molecule has 11 nitrogen and oxygen atoms in total. The molecule has 0 aliphatic rings. The number of aryl methyl sites for hydroxylation is 2. The van der Waals surface area contributed by atoms with Crippen molar-refractivity contribution >= 4 is 27.7 Å². The molecular weight excluding hydrogens is 580 g/mol. The number of ether oxygens (including phenoxy) is 2. The lowest BCUT2D eigenvalue weighted by Gasteiger charge is -2.21. The Morgan fingerprint density at radius 1 is 0.870 bits per heavy atom. The zero-order valence-corrected chi connectivity index (χ0v) is 25.4. The number of carbonyl (C=O) groups excluding carboxylic acids is 1. The molecule has 0 aliphatic heterocycles. The quantitative estimate of drug-likeness (QED) is 0.178. The van der Waals surface area contributed by atoms with Crippen molar-refractivity contribution in [1.82, 2.24) is 40.0 Å². The highest BCUT2D eigenvalue weighted by atomic mass is 16.5. The number of carbonyl (C=O) groups is 1. The van der Waals surface area contributed by atoms with Crippen molar-refractivity contribution in [2.24, 2.45) is 0 Å². The molecule has 0 saturated heterocycles. The molecule has 7 aromatic rings. The van der Waals surface area contributed by atoms with Gasteiger partial charge < -0.3 is 29.3 Å². The van der Waals surface area contributed by atoms with Gasteiger partial charge in [0, 0.05) is 70.2 Å². The number of methoxy groups -OCH3 is 2. The third-order valence-corrected chi connectivity index (χ3v) is 8.23. The number of fused-ring (bicyclic) bond motifs is 2. The SMILES string of the molecule is COc1ccc(Cn2c(CCc3c[nH]c4ccccc34)nnc2[C@H](NC(=O)c2cnccn2)c2c[nH]c3ccccc23)c(OC)c1. The number of nitrogens with zero attached hydrogens (tertiary/aromatic N) is 5. The van der Waals surface area contributed by atoms with Crippen LogP contribution >= 0.6 is 0 Å². The standard InChI is InChI=1S/C35H32N8O3/c1-45-24-13-11-23(31(17-24)46-2)21-43-32(14-12-22-18-38-28-9-5-3-7-25(22)28)41-42-34(43)33(40-35(44)30-20-36-15-16-37-30)27-19-39-29-10-6-4-8-26(27)29/h3-11,13,15-20,33,38-39H,12,14,21H2,1-2H3,(H,40,44)/t33-/m1/s1. The van der Waals surface area contributed by atoms with Gasteiger partial charge in [-0.25, -0.2) is 4.98 Å². The lowest BCUT2D eigenvalue weighted by Crippen LogP contribution is -2.32. The predicted octanol–water partition coefficient (Wildman–Crippen LogP) is 5.40. The maximum atomic E-state index is 13.6. The first-order valence-corrected chi connectivity index (χ1v) is 14.9. The van der Waals surface area contributed by atoms with E-state index < -0.39 is 6.04 Å². The van der Waals surface area contributed by atoms with Crippen LogP contribution < -0.4 is 14.8 Å². The summed E-state index contributed by atoms with van der Waals surface area (Å²) in [6.45, 7) is 0.401. The van der Waals surface area contributed by atoms with Crippen molar-refractivity contribution in [2.75, 3.05) is 14.2 Å². The second-order valence-electron chi connectivity index (χ2n) is 10.9. The minimum absolute atomic E-state index is 0.204. The van der Waals surface area contributed by atoms with Gasteiger partial charge in [-0.15, -0.1) is 10.2 Å². The van der Waals surface area contributed by atoms with Crippen LogP contribution in [0.5, 0.6) is 11.5 Å². The first kappa shape index (κ1) is 28.8. The molecule has 0 fully saturated rings. The molecule has 0 aliphatic carbocycles. The summed E-state index contributed by atoms with van der Waals surface area (Å²) in [5, 5.41) is 14.8. The fourth-order valence-electron chi connectivity index (χ4n) is 5.89. The van der Waals surface area contributed by atoms with E-state index in [0.717, 1.165) is 39.8 Å². The van der Waals surface area contributed by atoms with Gasteiger partial charge in [0.25, 0.3) is 5.91 Å². The summed E-state index contributed by atoms with van der Waals surface area (Å²) in [4.78, 5) is 28.6. The van der Waals surface area contributed by atoms with Crippen molar-refractivity contribution in [2.45, 2.75) is 25.4 Å². The molecular formula is C35H32N8O3. The Balaban J connectivity index is 1.33. The highest BCUT2D eigenvalue weighted by molar-refractivity contribution is 5.93. The molecule has 0 radical (unpaired) electrons. The van der Waals surface area contributed by atoms with Gasteiger partial charge in [0.2, 0.25) is 0 Å². The lowest BCUT2D eigenvalue weighted by molar-refractivity contribution is 0.0935. The van der Waals surface area contributed by atoms with Crippen LogP contribution in [0.25, 0.3) is 21.8 Å². The molecule has 3 N–H and O–H groups in total. The molecule has 0 unspecified atom stereocenters. The van der Waals surface area contributed by atoms with Gasteiger partial charge in [0.1, 0.15) is 29.1 Å². The molecule has 7 rings (SSSR count). The summed E-state index contributed by atoms with van der Waals surface area (Å²) < 4.78 is 13.3. The van der Waals surface area contributed by atoms with Crippen molar-refractivity contribution in [3.8, 4) is 11.5 Å². The van der Waals surface area contributed by atoms with Crippen LogP contribution in [-0.4, -0.2) is 54.8 Å². The minimum Gasteiger partial charge on any atom is -0.497 e. The van der Waals surface area contributed by atoms with Crippen LogP contribution in [0.3, 0.4) is 0 Å². The van der Waals surface area contributed by atoms with Gasteiger partial charge in [-0.3, -0.25) is 9.78 Å². The fraction of sp³-hybridized carbons (Fsp3) is 0.171. The highest BCUT2D eigenvalue weighted by Crippen LogP contribution is 2.32. The molecule has 4 aromatic heterocycles. The number of amides is 1. The van der Waals surface area contributed by atoms with E-state index in [9.17, 15) is 4.79 Å². The molecule has 11 heteroatoms. The van der Waals surface area contributed by atoms with Gasteiger partial charge in [-0.1, -0.05) is 36.4 Å². The Morgan fingerprint density at radius 3 is 2.43 bits per heavy atom. The van der Waals surface area contributed by atoms with Gasteiger partial charge in [-0.2, -0.15) is 0 Å². The Bertz CT molecular complexity index is 2130. The molecule has 3 aromatic carbocycles. The maximum absolute atomic E-state index is 13.6. The predicted molar refractivity (Wildman–Crippen MR) is 174 cm³/mol. The highest BCUT2D eigenvalue weighted by Gasteiger charge is 2.28. The number of aromatic amines is 2. The summed E-state index contributed by atoms with van der Waals surface area (Å²) >= 11 is 0. The number of H-pyrrole nitrogens is 2. The van der Waals surface area contributed by atoms with E-state index in [2.05, 4.69) is 48.1 Å². The van der Waals surface area contributed by atoms with Gasteiger partial charge in [-0.05, 0) is 36.2 Å². The first-order valence-electron chi connectivity index (χ1n) is 14.9. The van der Waals surface area contributed by atoms with E-state index in [-0.39, 0.29) is 11.6 Å². The van der Waals surface area contributed by atoms with Crippen molar-refractivity contribution in [3.63, 3.8) is 0 Å². The number of rotatable bonds is 11. The van der Waals surface area contributed by atoms with Crippen LogP contribution in [0.2, 0.25) is 0 Å². The van der Waals surface area contributed by atoms with Crippen LogP contribution in [0.4, 0.5) is 0 Å². The fourth-order valence-corrected chi connectivity index (χ4v) is 5.89. The number of hydrogen-bond donors (Lipinski definition) is 3. The Hall–Kier alpha value is -5.97. The molecule has 0 spiro atoms. The van der Waals surface area contributed by atoms with Crippen LogP contribution in [-0.2, 0) is 19.4 Å². The smallest absolute Gasteiger partial charge is 0.272 e. The summed E-state index contributed by atoms with van der Waals surface area (Å²) in [6.07, 6.45) is 9.79. The Kier molecular flexibility index (Phi) is 7.86. The second kappa shape index (κ2) is 12.6. The third kappa shape index (κ3) is 5.54. The normalized spacial score (nSPS) is 12.0. The number of nitrogens with one attached hydrogen (secondary N) is 3. The summed E-state index contributed by atoms with van der Waals surface area (Å²) in [5.74, 6) is 2.34. The van der Waals surface area contributed by atoms with E-state index >= 15 is 0 Å². The monoisotopic (exact) mass is 612 g/mol. The van der Waals surface area contributed by atoms with Crippen LogP contribution in [0, 0.1) is 0 Å². The Morgan fingerprint density at radius 2 is 1.65 bits per heavy atom. The van der Waals surface area contributed by atoms with Gasteiger partial charge in [0.15, 0.2) is 5.82 Å². The average Bonchev–Trinajstić information content (AvgIpc) is 3.84. The number of benzene rings is 3. The van der Waals surface area contributed by atoms with E-state index in [1.165, 1.54) is 29.5 Å². The van der Waals surface area contributed by atoms with E-state index in [4.69, 9.17) is 19.7 Å². The van der Waals surface area contributed by atoms with Gasteiger partial charge >= 0.3 is 0 Å². The molecule has 0 saturated carbocycles. The van der Waals surface area contributed by atoms with Crippen LogP contribution in [0.15, 0.2) is 97.7 Å². The maximum Gasteiger partial charge on any atom is 0.272 e. The average molecular weight is 613 g/mol. The third-order valence-electron chi connectivity index (χ3n) is 8.23. The number of aromatic nitrogens is 7. The van der Waals surface area contributed by atoms with Gasteiger partial charge in [0.05, 0.1) is 27.0 Å². The van der Waals surface area contributed by atoms with E-state index in [1.54, 1.807) is 14.2 Å². The minimum atomic E-state index is -0.663. The topological polar surface area (TPSA) is 136 Å². The molecule has 4 heterocycles. The molecule has 0 bridgehead atoms.